The van der Waals surface area contributed by atoms with Gasteiger partial charge < -0.3 is 25.4 Å². The fourth-order valence-electron chi connectivity index (χ4n) is 4.20. The molecule has 0 unspecified atom stereocenters. The fourth-order valence-corrected chi connectivity index (χ4v) is 5.23. The molecule has 2 aromatic rings. The zero-order valence-electron chi connectivity index (χ0n) is 19.4. The van der Waals surface area contributed by atoms with Crippen LogP contribution in [0.2, 0.25) is 0 Å². The van der Waals surface area contributed by atoms with Crippen LogP contribution >= 0.6 is 11.3 Å². The first-order chi connectivity index (χ1) is 15.7. The lowest BCUT2D eigenvalue weighted by molar-refractivity contribution is 0.0743. The first kappa shape index (κ1) is 23.6. The number of carbonyl (C=O) groups is 2. The quantitative estimate of drug-likeness (QED) is 0.590. The van der Waals surface area contributed by atoms with Crippen molar-refractivity contribution in [3.05, 3.63) is 28.5 Å². The molecule has 33 heavy (non-hydrogen) atoms. The van der Waals surface area contributed by atoms with Crippen molar-refractivity contribution < 1.29 is 19.4 Å². The first-order valence-corrected chi connectivity index (χ1v) is 12.2. The van der Waals surface area contributed by atoms with Gasteiger partial charge in [-0.25, -0.2) is 9.97 Å². The highest BCUT2D eigenvalue weighted by molar-refractivity contribution is 7.17. The van der Waals surface area contributed by atoms with Gasteiger partial charge in [0.25, 0.3) is 11.8 Å². The molecule has 4 rings (SSSR count). The van der Waals surface area contributed by atoms with Crippen LogP contribution in [0.1, 0.15) is 59.5 Å². The Morgan fingerprint density at radius 1 is 1.33 bits per heavy atom. The average Bonchev–Trinajstić information content (AvgIpc) is 3.48. The molecule has 0 radical (unpaired) electrons. The number of thiazole rings is 1. The highest BCUT2D eigenvalue weighted by Crippen LogP contribution is 2.35. The van der Waals surface area contributed by atoms with Gasteiger partial charge in [-0.3, -0.25) is 9.59 Å². The molecule has 0 saturated carbocycles. The molecule has 4 heterocycles. The summed E-state index contributed by atoms with van der Waals surface area (Å²) >= 11 is 1.17. The number of aromatic nitrogens is 2. The van der Waals surface area contributed by atoms with Gasteiger partial charge >= 0.3 is 0 Å². The van der Waals surface area contributed by atoms with Gasteiger partial charge in [-0.05, 0) is 52.2 Å². The van der Waals surface area contributed by atoms with Crippen molar-refractivity contribution in [2.24, 2.45) is 0 Å². The summed E-state index contributed by atoms with van der Waals surface area (Å²) < 4.78 is 5.22. The number of nitrogens with zero attached hydrogens (tertiary/aromatic N) is 3. The van der Waals surface area contributed by atoms with Gasteiger partial charge in [-0.1, -0.05) is 0 Å². The number of hydrogen-bond acceptors (Lipinski definition) is 8. The molecule has 9 nitrogen and oxygen atoms in total. The second-order valence-electron chi connectivity index (χ2n) is 9.05. The summed E-state index contributed by atoms with van der Waals surface area (Å²) in [6.07, 6.45) is 2.88. The van der Waals surface area contributed by atoms with E-state index < -0.39 is 18.1 Å². The number of likely N-dealkylation sites (tertiary alicyclic amines) is 1. The number of ether oxygens (including phenoxy) is 1. The second kappa shape index (κ2) is 9.74. The summed E-state index contributed by atoms with van der Waals surface area (Å²) in [5.41, 5.74) is 1.99. The minimum absolute atomic E-state index is 0.131. The lowest BCUT2D eigenvalue weighted by Gasteiger charge is -2.21. The predicted octanol–water partition coefficient (Wildman–Crippen LogP) is 2.45. The summed E-state index contributed by atoms with van der Waals surface area (Å²) in [4.78, 5) is 37.8. The minimum atomic E-state index is -0.757. The Bertz CT molecular complexity index is 1040. The van der Waals surface area contributed by atoms with E-state index in [2.05, 4.69) is 20.6 Å². The van der Waals surface area contributed by atoms with Crippen molar-refractivity contribution in [2.45, 2.75) is 64.8 Å². The van der Waals surface area contributed by atoms with Crippen molar-refractivity contribution >= 4 is 29.0 Å². The molecule has 2 aliphatic heterocycles. The monoisotopic (exact) mass is 473 g/mol. The summed E-state index contributed by atoms with van der Waals surface area (Å²) in [5, 5.41) is 16.2. The SMILES string of the molecule is Cc1cc(NC(C)C)ncc1-c1sc(C(=O)N[C@@H]2COC[C@H]2O)nc1C(=O)N1CCC[C@@H]1C. The number of carbonyl (C=O) groups excluding carboxylic acids is 2. The van der Waals surface area contributed by atoms with Gasteiger partial charge in [0.15, 0.2) is 5.01 Å². The first-order valence-electron chi connectivity index (χ1n) is 11.4. The van der Waals surface area contributed by atoms with Gasteiger partial charge in [0.05, 0.1) is 30.2 Å². The Labute approximate surface area is 197 Å². The van der Waals surface area contributed by atoms with Gasteiger partial charge in [-0.2, -0.15) is 0 Å². The number of hydrogen-bond donors (Lipinski definition) is 3. The molecular formula is C23H31N5O4S. The average molecular weight is 474 g/mol. The van der Waals surface area contributed by atoms with Crippen molar-refractivity contribution in [3.8, 4) is 10.4 Å². The number of anilines is 1. The molecule has 2 fully saturated rings. The number of rotatable bonds is 6. The number of pyridine rings is 1. The molecule has 3 N–H and O–H groups in total. The third-order valence-corrected chi connectivity index (χ3v) is 7.08. The maximum Gasteiger partial charge on any atom is 0.280 e. The largest absolute Gasteiger partial charge is 0.388 e. The fraction of sp³-hybridized carbons (Fsp3) is 0.565. The Kier molecular flexibility index (Phi) is 6.96. The third kappa shape index (κ3) is 5.02. The van der Waals surface area contributed by atoms with Gasteiger partial charge in [0, 0.05) is 30.4 Å². The molecule has 0 spiro atoms. The number of amides is 2. The molecule has 0 aliphatic carbocycles. The van der Waals surface area contributed by atoms with Crippen LogP contribution in [0.3, 0.4) is 0 Å². The molecule has 0 aromatic carbocycles. The lowest BCUT2D eigenvalue weighted by atomic mass is 10.1. The van der Waals surface area contributed by atoms with Crippen LogP contribution in [-0.2, 0) is 4.74 Å². The van der Waals surface area contributed by atoms with E-state index in [0.717, 1.165) is 29.8 Å². The number of nitrogens with one attached hydrogen (secondary N) is 2. The van der Waals surface area contributed by atoms with E-state index in [9.17, 15) is 14.7 Å². The Morgan fingerprint density at radius 2 is 2.12 bits per heavy atom. The maximum absolute atomic E-state index is 13.5. The van der Waals surface area contributed by atoms with Crippen molar-refractivity contribution in [1.29, 1.82) is 0 Å². The molecule has 2 saturated heterocycles. The van der Waals surface area contributed by atoms with E-state index in [1.165, 1.54) is 11.3 Å². The zero-order chi connectivity index (χ0) is 23.7. The van der Waals surface area contributed by atoms with Crippen molar-refractivity contribution in [2.75, 3.05) is 25.1 Å². The molecule has 178 valence electrons. The predicted molar refractivity (Wildman–Crippen MR) is 127 cm³/mol. The normalized spacial score (nSPS) is 22.7. The molecule has 2 aromatic heterocycles. The van der Waals surface area contributed by atoms with Crippen LogP contribution in [0.4, 0.5) is 5.82 Å². The Balaban J connectivity index is 1.70. The minimum Gasteiger partial charge on any atom is -0.388 e. The lowest BCUT2D eigenvalue weighted by Crippen LogP contribution is -2.42. The van der Waals surface area contributed by atoms with Gasteiger partial charge in [-0.15, -0.1) is 11.3 Å². The molecule has 0 bridgehead atoms. The molecule has 2 amide bonds. The van der Waals surface area contributed by atoms with Crippen molar-refractivity contribution in [3.63, 3.8) is 0 Å². The van der Waals surface area contributed by atoms with E-state index in [1.807, 2.05) is 38.7 Å². The van der Waals surface area contributed by atoms with E-state index >= 15 is 0 Å². The number of aliphatic hydroxyl groups excluding tert-OH is 1. The smallest absolute Gasteiger partial charge is 0.280 e. The van der Waals surface area contributed by atoms with E-state index in [4.69, 9.17) is 4.74 Å². The third-order valence-electron chi connectivity index (χ3n) is 6.00. The summed E-state index contributed by atoms with van der Waals surface area (Å²) in [7, 11) is 0. The molecule has 10 heteroatoms. The molecular weight excluding hydrogens is 442 g/mol. The highest BCUT2D eigenvalue weighted by Gasteiger charge is 2.33. The number of aliphatic hydroxyl groups is 1. The Hall–Kier alpha value is -2.56. The van der Waals surface area contributed by atoms with Gasteiger partial charge in [0.2, 0.25) is 0 Å². The second-order valence-corrected chi connectivity index (χ2v) is 10.1. The van der Waals surface area contributed by atoms with E-state index in [1.54, 1.807) is 6.20 Å². The standard InChI is InChI=1S/C23H31N5O4S/c1-12(2)25-18-8-13(3)15(9-24-18)20-19(23(31)28-7-5-6-14(28)4)27-22(33-20)21(30)26-16-10-32-11-17(16)29/h8-9,12,14,16-17,29H,5-7,10-11H2,1-4H3,(H,24,25)(H,26,30)/t14-,16+,17+/m0/s1. The van der Waals surface area contributed by atoms with Crippen molar-refractivity contribution in [1.82, 2.24) is 20.2 Å². The molecule has 3 atom stereocenters. The maximum atomic E-state index is 13.5. The summed E-state index contributed by atoms with van der Waals surface area (Å²) in [6, 6.07) is 1.82. The number of aryl methyl sites for hydroxylation is 1. The zero-order valence-corrected chi connectivity index (χ0v) is 20.2. The summed E-state index contributed by atoms with van der Waals surface area (Å²) in [5.74, 6) is 0.163. The van der Waals surface area contributed by atoms with Crippen LogP contribution in [0.25, 0.3) is 10.4 Å². The highest BCUT2D eigenvalue weighted by atomic mass is 32.1. The van der Waals surface area contributed by atoms with Crippen LogP contribution in [-0.4, -0.2) is 75.8 Å². The topological polar surface area (TPSA) is 117 Å². The Morgan fingerprint density at radius 3 is 2.73 bits per heavy atom. The van der Waals surface area contributed by atoms with Crippen LogP contribution < -0.4 is 10.6 Å². The summed E-state index contributed by atoms with van der Waals surface area (Å²) in [6.45, 7) is 9.19. The van der Waals surface area contributed by atoms with E-state index in [-0.39, 0.29) is 41.9 Å². The van der Waals surface area contributed by atoms with Gasteiger partial charge in [0.1, 0.15) is 11.5 Å². The molecule has 2 aliphatic rings. The van der Waals surface area contributed by atoms with Crippen LogP contribution in [0.5, 0.6) is 0 Å². The van der Waals surface area contributed by atoms with Crippen LogP contribution in [0.15, 0.2) is 12.3 Å². The van der Waals surface area contributed by atoms with E-state index in [0.29, 0.717) is 11.4 Å². The van der Waals surface area contributed by atoms with Crippen LogP contribution in [0, 0.1) is 6.92 Å².